The van der Waals surface area contributed by atoms with Crippen molar-refractivity contribution in [2.24, 2.45) is 0 Å². The van der Waals surface area contributed by atoms with E-state index >= 15 is 0 Å². The second kappa shape index (κ2) is 22.9. The summed E-state index contributed by atoms with van der Waals surface area (Å²) in [5, 5.41) is 52.1. The van der Waals surface area contributed by atoms with Gasteiger partial charge in [0.15, 0.2) is 11.6 Å². The number of carbonyl (C=O) groups is 1. The van der Waals surface area contributed by atoms with E-state index in [9.17, 15) is 20.3 Å². The van der Waals surface area contributed by atoms with Crippen LogP contribution in [0.4, 0.5) is 11.6 Å². The second-order valence-corrected chi connectivity index (χ2v) is 15.7. The first-order valence-electron chi connectivity index (χ1n) is 19.6. The number of nitrogens with one attached hydrogen (secondary N) is 2. The predicted octanol–water partition coefficient (Wildman–Crippen LogP) is 5.51. The number of carboxylic acids is 1. The van der Waals surface area contributed by atoms with E-state index in [-0.39, 0.29) is 63.0 Å². The minimum Gasteiger partial charge on any atom is -0.850 e. The van der Waals surface area contributed by atoms with Crippen LogP contribution in [0.1, 0.15) is 69.1 Å². The van der Waals surface area contributed by atoms with E-state index in [0.717, 1.165) is 44.4 Å². The molecule has 4 aromatic heterocycles. The standard InChI is InChI=1S/C20H15N5.C20H16N4O2.C4H10O.C4H9O.K/c21-13-18-23-20(22-14-15-7-3-1-4-8-15)19-17(11-12-25(19)24-18)16-9-5-2-6-10-16;25-20(26)19-22-18(21-13-14-7-3-1-4-8-14)17-16(11-12-24(17)23-19)15-9-5-2-6-10-15;2*1-4(2,3)5;/h1-12H,14H2,(H,22,23,24);1-12H,13H2,(H,25,26)(H,21,22,23);5H,1-3H3;1-3H3;/q;;;-1;+1. The average molecular weight is 856 g/mol. The smallest absolute Gasteiger partial charge is 0.850 e. The van der Waals surface area contributed by atoms with Crippen LogP contribution in [-0.4, -0.2) is 56.6 Å². The molecule has 0 atom stereocenters. The molecule has 0 fully saturated rings. The fourth-order valence-corrected chi connectivity index (χ4v) is 5.70. The van der Waals surface area contributed by atoms with Crippen molar-refractivity contribution < 1.29 is 71.5 Å². The van der Waals surface area contributed by atoms with E-state index in [0.29, 0.717) is 24.7 Å². The Labute approximate surface area is 404 Å². The molecule has 8 rings (SSSR count). The number of aromatic carboxylic acids is 1. The molecule has 312 valence electrons. The van der Waals surface area contributed by atoms with Gasteiger partial charge in [0.05, 0.1) is 5.60 Å². The van der Waals surface area contributed by atoms with Crippen LogP contribution in [-0.2, 0) is 13.1 Å². The van der Waals surface area contributed by atoms with Crippen LogP contribution in [0.25, 0.3) is 33.3 Å². The van der Waals surface area contributed by atoms with E-state index in [1.165, 1.54) is 0 Å². The molecule has 0 saturated heterocycles. The Morgan fingerprint density at radius 1 is 0.645 bits per heavy atom. The third kappa shape index (κ3) is 15.3. The van der Waals surface area contributed by atoms with Crippen LogP contribution < -0.4 is 67.1 Å². The number of fused-ring (bicyclic) bond motifs is 2. The molecule has 0 unspecified atom stereocenters. The molecule has 0 saturated carbocycles. The van der Waals surface area contributed by atoms with Crippen LogP contribution in [0.15, 0.2) is 146 Å². The van der Waals surface area contributed by atoms with Gasteiger partial charge in [-0.25, -0.2) is 18.8 Å². The SMILES string of the molecule is CC(C)(C)O.CC(C)(C)[O-].N#Cc1nc(NCc2ccccc2)c2c(-c3ccccc3)ccn2n1.O=C(O)c1nc(NCc2ccccc2)c2c(-c3ccccc3)ccn2n1.[K+]. The molecule has 14 heteroatoms. The average Bonchev–Trinajstić information content (AvgIpc) is 3.88. The zero-order valence-electron chi connectivity index (χ0n) is 36.1. The summed E-state index contributed by atoms with van der Waals surface area (Å²) in [7, 11) is 0. The van der Waals surface area contributed by atoms with E-state index in [1.54, 1.807) is 56.8 Å². The minimum absolute atomic E-state index is 0. The Morgan fingerprint density at radius 3 is 1.37 bits per heavy atom. The maximum Gasteiger partial charge on any atom is 1.00 e. The van der Waals surface area contributed by atoms with Gasteiger partial charge in [0, 0.05) is 36.6 Å². The van der Waals surface area contributed by atoms with Crippen LogP contribution >= 0.6 is 0 Å². The van der Waals surface area contributed by atoms with Crippen molar-refractivity contribution in [2.75, 3.05) is 10.6 Å². The van der Waals surface area contributed by atoms with Crippen LogP contribution in [0.2, 0.25) is 0 Å². The summed E-state index contributed by atoms with van der Waals surface area (Å²) in [6.07, 6.45) is 3.60. The van der Waals surface area contributed by atoms with E-state index in [4.69, 9.17) is 5.11 Å². The van der Waals surface area contributed by atoms with Gasteiger partial charge in [-0.3, -0.25) is 0 Å². The number of hydrogen-bond acceptors (Lipinski definition) is 10. The summed E-state index contributed by atoms with van der Waals surface area (Å²) in [5.41, 5.74) is 6.65. The van der Waals surface area contributed by atoms with Crippen molar-refractivity contribution in [3.63, 3.8) is 0 Å². The number of nitrogens with zero attached hydrogens (tertiary/aromatic N) is 7. The topological polar surface area (TPSA) is 189 Å². The minimum atomic E-state index is -1.16. The number of rotatable bonds is 9. The van der Waals surface area contributed by atoms with Crippen molar-refractivity contribution in [3.05, 3.63) is 169 Å². The van der Waals surface area contributed by atoms with Gasteiger partial charge >= 0.3 is 57.4 Å². The zero-order valence-corrected chi connectivity index (χ0v) is 39.2. The third-order valence-electron chi connectivity index (χ3n) is 8.09. The Bertz CT molecular complexity index is 2650. The number of nitriles is 1. The first-order chi connectivity index (χ1) is 29.1. The Morgan fingerprint density at radius 2 is 1.00 bits per heavy atom. The summed E-state index contributed by atoms with van der Waals surface area (Å²) in [4.78, 5) is 20.0. The van der Waals surface area contributed by atoms with E-state index in [1.807, 2.05) is 134 Å². The molecule has 0 bridgehead atoms. The largest absolute Gasteiger partial charge is 1.00 e. The normalized spacial score (nSPS) is 10.7. The summed E-state index contributed by atoms with van der Waals surface area (Å²) in [5.74, 6) is -0.129. The van der Waals surface area contributed by atoms with Crippen molar-refractivity contribution in [1.29, 1.82) is 5.26 Å². The van der Waals surface area contributed by atoms with Crippen molar-refractivity contribution in [2.45, 2.75) is 65.8 Å². The molecule has 4 N–H and O–H groups in total. The maximum atomic E-state index is 11.4. The molecule has 8 aromatic rings. The molecule has 0 amide bonds. The van der Waals surface area contributed by atoms with Gasteiger partial charge in [-0.2, -0.15) is 10.2 Å². The van der Waals surface area contributed by atoms with Gasteiger partial charge in [0.2, 0.25) is 0 Å². The second-order valence-electron chi connectivity index (χ2n) is 15.7. The molecular formula is C48H50KN9O4. The van der Waals surface area contributed by atoms with Crippen LogP contribution in [0, 0.1) is 11.3 Å². The predicted molar refractivity (Wildman–Crippen MR) is 238 cm³/mol. The van der Waals surface area contributed by atoms with Crippen molar-refractivity contribution >= 4 is 28.6 Å². The Kier molecular flexibility index (Phi) is 18.1. The summed E-state index contributed by atoms with van der Waals surface area (Å²) >= 11 is 0. The number of carboxylic acid groups (broad SMARTS) is 1. The first kappa shape index (κ1) is 48.9. The van der Waals surface area contributed by atoms with Gasteiger partial charge in [-0.05, 0) is 55.2 Å². The summed E-state index contributed by atoms with van der Waals surface area (Å²) in [6, 6.07) is 45.9. The number of aliphatic hydroxyl groups is 1. The Hall–Kier alpha value is -5.76. The molecule has 4 heterocycles. The van der Waals surface area contributed by atoms with Gasteiger partial charge in [-0.15, -0.1) is 15.8 Å². The number of benzene rings is 4. The molecule has 0 aliphatic rings. The molecular weight excluding hydrogens is 806 g/mol. The summed E-state index contributed by atoms with van der Waals surface area (Å²) in [6.45, 7) is 11.3. The van der Waals surface area contributed by atoms with Gasteiger partial charge in [-0.1, -0.05) is 142 Å². The number of anilines is 2. The quantitative estimate of drug-likeness (QED) is 0.134. The molecule has 4 aromatic carbocycles. The third-order valence-corrected chi connectivity index (χ3v) is 8.09. The monoisotopic (exact) mass is 855 g/mol. The molecule has 62 heavy (non-hydrogen) atoms. The van der Waals surface area contributed by atoms with Crippen molar-refractivity contribution in [3.8, 4) is 28.3 Å². The van der Waals surface area contributed by atoms with Crippen LogP contribution in [0.5, 0.6) is 0 Å². The van der Waals surface area contributed by atoms with E-state index in [2.05, 4.69) is 42.9 Å². The fraction of sp³-hybridized carbons (Fsp3) is 0.208. The summed E-state index contributed by atoms with van der Waals surface area (Å²) < 4.78 is 3.27. The molecule has 13 nitrogen and oxygen atoms in total. The number of hydrogen-bond donors (Lipinski definition) is 4. The zero-order chi connectivity index (χ0) is 44.0. The maximum absolute atomic E-state index is 11.4. The van der Waals surface area contributed by atoms with Crippen LogP contribution in [0.3, 0.4) is 0 Å². The van der Waals surface area contributed by atoms with Gasteiger partial charge in [0.1, 0.15) is 17.1 Å². The Balaban J connectivity index is 0.000000221. The van der Waals surface area contributed by atoms with E-state index < -0.39 is 17.2 Å². The first-order valence-corrected chi connectivity index (χ1v) is 19.6. The molecule has 0 aliphatic carbocycles. The molecule has 0 spiro atoms. The fourth-order valence-electron chi connectivity index (χ4n) is 5.70. The van der Waals surface area contributed by atoms with Gasteiger partial charge < -0.3 is 26.0 Å². The molecule has 0 aliphatic heterocycles. The molecule has 0 radical (unpaired) electrons. The van der Waals surface area contributed by atoms with Gasteiger partial charge in [0.25, 0.3) is 11.6 Å². The van der Waals surface area contributed by atoms with Crippen molar-refractivity contribution in [1.82, 2.24) is 29.2 Å². The number of aromatic nitrogens is 6.